The summed E-state index contributed by atoms with van der Waals surface area (Å²) in [6, 6.07) is 4.84. The van der Waals surface area contributed by atoms with Crippen molar-refractivity contribution in [2.24, 2.45) is 5.92 Å². The first-order valence-electron chi connectivity index (χ1n) is 8.91. The Hall–Kier alpha value is -2.61. The molecule has 0 radical (unpaired) electrons. The van der Waals surface area contributed by atoms with E-state index in [9.17, 15) is 14.4 Å². The molecule has 2 aromatic rings. The van der Waals surface area contributed by atoms with Crippen molar-refractivity contribution in [1.29, 1.82) is 0 Å². The van der Waals surface area contributed by atoms with Crippen LogP contribution in [0.2, 0.25) is 0 Å². The average Bonchev–Trinajstić information content (AvgIpc) is 3.00. The van der Waals surface area contributed by atoms with Crippen LogP contribution in [0.3, 0.4) is 0 Å². The molecule has 0 spiro atoms. The lowest BCUT2D eigenvalue weighted by atomic mass is 9.97. The topological polar surface area (TPSA) is 107 Å². The first kappa shape index (κ1) is 18.2. The fourth-order valence-corrected chi connectivity index (χ4v) is 3.33. The fraction of sp³-hybridized carbons (Fsp3) is 0.500. The molecule has 2 atom stereocenters. The third-order valence-corrected chi connectivity index (χ3v) is 4.78. The molecule has 3 N–H and O–H groups in total. The van der Waals surface area contributed by atoms with Crippen LogP contribution in [0.5, 0.6) is 0 Å². The molecule has 8 heteroatoms. The number of aromatic amines is 2. The number of carbonyl (C=O) groups excluding carboxylic acids is 2. The number of benzene rings is 1. The van der Waals surface area contributed by atoms with Crippen LogP contribution in [0.4, 0.5) is 5.69 Å². The molecule has 1 amide bonds. The van der Waals surface area contributed by atoms with Crippen molar-refractivity contribution in [2.75, 3.05) is 25.0 Å². The highest BCUT2D eigenvalue weighted by Crippen LogP contribution is 2.21. The van der Waals surface area contributed by atoms with Crippen LogP contribution >= 0.6 is 0 Å². The largest absolute Gasteiger partial charge is 0.466 e. The molecule has 8 nitrogen and oxygen atoms in total. The quantitative estimate of drug-likeness (QED) is 0.700. The normalized spacial score (nSPS) is 19.2. The molecule has 3 rings (SSSR count). The Morgan fingerprint density at radius 1 is 1.35 bits per heavy atom. The van der Waals surface area contributed by atoms with E-state index in [0.29, 0.717) is 29.9 Å². The third-order valence-electron chi connectivity index (χ3n) is 4.78. The number of ether oxygens (including phenoxy) is 1. The zero-order valence-corrected chi connectivity index (χ0v) is 15.0. The zero-order chi connectivity index (χ0) is 18.7. The summed E-state index contributed by atoms with van der Waals surface area (Å²) >= 11 is 0. The maximum Gasteiger partial charge on any atom is 0.323 e. The van der Waals surface area contributed by atoms with Crippen LogP contribution in [0.15, 0.2) is 23.0 Å². The number of fused-ring (bicyclic) bond motifs is 1. The van der Waals surface area contributed by atoms with Crippen molar-refractivity contribution in [1.82, 2.24) is 14.9 Å². The smallest absolute Gasteiger partial charge is 0.323 e. The number of rotatable bonds is 5. The minimum Gasteiger partial charge on any atom is -0.466 e. The van der Waals surface area contributed by atoms with Crippen molar-refractivity contribution in [2.45, 2.75) is 32.7 Å². The highest BCUT2D eigenvalue weighted by Gasteiger charge is 2.31. The molecular formula is C18H24N4O4. The summed E-state index contributed by atoms with van der Waals surface area (Å²) in [6.45, 7) is 5.30. The Morgan fingerprint density at radius 3 is 2.88 bits per heavy atom. The molecule has 0 unspecified atom stereocenters. The Morgan fingerprint density at radius 2 is 2.12 bits per heavy atom. The van der Waals surface area contributed by atoms with Gasteiger partial charge in [0.2, 0.25) is 5.91 Å². The van der Waals surface area contributed by atoms with E-state index in [1.807, 2.05) is 11.8 Å². The van der Waals surface area contributed by atoms with E-state index in [1.54, 1.807) is 25.1 Å². The molecule has 1 aliphatic heterocycles. The van der Waals surface area contributed by atoms with Gasteiger partial charge in [0.1, 0.15) is 0 Å². The Kier molecular flexibility index (Phi) is 5.41. The van der Waals surface area contributed by atoms with E-state index in [0.717, 1.165) is 19.4 Å². The Balaban J connectivity index is 1.64. The van der Waals surface area contributed by atoms with E-state index in [1.165, 1.54) is 0 Å². The van der Waals surface area contributed by atoms with Gasteiger partial charge in [-0.3, -0.25) is 14.5 Å². The van der Waals surface area contributed by atoms with Gasteiger partial charge in [0.15, 0.2) is 0 Å². The number of piperidine rings is 1. The third kappa shape index (κ3) is 3.96. The van der Waals surface area contributed by atoms with Crippen LogP contribution in [0, 0.1) is 5.92 Å². The maximum atomic E-state index is 12.6. The summed E-state index contributed by atoms with van der Waals surface area (Å²) in [5.41, 5.74) is 1.66. The number of H-pyrrole nitrogens is 2. The van der Waals surface area contributed by atoms with Gasteiger partial charge in [-0.1, -0.05) is 0 Å². The first-order chi connectivity index (χ1) is 12.5. The Bertz CT molecular complexity index is 856. The average molecular weight is 360 g/mol. The number of anilines is 1. The minimum absolute atomic E-state index is 0.147. The van der Waals surface area contributed by atoms with Crippen molar-refractivity contribution >= 4 is 28.6 Å². The highest BCUT2D eigenvalue weighted by atomic mass is 16.5. The second-order valence-electron chi connectivity index (χ2n) is 6.59. The number of nitrogens with zero attached hydrogens (tertiary/aromatic N) is 1. The lowest BCUT2D eigenvalue weighted by Gasteiger charge is -2.35. The van der Waals surface area contributed by atoms with E-state index in [4.69, 9.17) is 4.74 Å². The van der Waals surface area contributed by atoms with Crippen molar-refractivity contribution in [3.63, 3.8) is 0 Å². The number of hydrogen-bond acceptors (Lipinski definition) is 5. The zero-order valence-electron chi connectivity index (χ0n) is 15.0. The summed E-state index contributed by atoms with van der Waals surface area (Å²) in [7, 11) is 0. The molecule has 0 saturated carbocycles. The standard InChI is InChI=1S/C18H24N4O4/c1-3-26-17(24)12-5-4-8-22(10-12)11(2)16(23)19-13-6-7-14-15(9-13)21-18(25)20-14/h6-7,9,11-12H,3-5,8,10H2,1-2H3,(H,19,23)(H2,20,21,25)/t11-,12-/m1/s1. The van der Waals surface area contributed by atoms with Crippen molar-refractivity contribution in [3.05, 3.63) is 28.7 Å². The number of amides is 1. The summed E-state index contributed by atoms with van der Waals surface area (Å²) in [5.74, 6) is -0.515. The second kappa shape index (κ2) is 7.74. The summed E-state index contributed by atoms with van der Waals surface area (Å²) in [4.78, 5) is 43.3. The van der Waals surface area contributed by atoms with Gasteiger partial charge in [-0.15, -0.1) is 0 Å². The van der Waals surface area contributed by atoms with Gasteiger partial charge in [0.25, 0.3) is 0 Å². The molecule has 26 heavy (non-hydrogen) atoms. The van der Waals surface area contributed by atoms with Crippen molar-refractivity contribution < 1.29 is 14.3 Å². The number of nitrogens with one attached hydrogen (secondary N) is 3. The summed E-state index contributed by atoms with van der Waals surface area (Å²) in [5, 5.41) is 2.88. The van der Waals surface area contributed by atoms with Gasteiger partial charge >= 0.3 is 11.7 Å². The van der Waals surface area contributed by atoms with E-state index >= 15 is 0 Å². The van der Waals surface area contributed by atoms with Crippen LogP contribution in [-0.4, -0.2) is 52.5 Å². The molecule has 1 fully saturated rings. The van der Waals surface area contributed by atoms with Gasteiger partial charge in [-0.05, 0) is 51.4 Å². The van der Waals surface area contributed by atoms with Crippen LogP contribution < -0.4 is 11.0 Å². The Labute approximate surface area is 150 Å². The van der Waals surface area contributed by atoms with Gasteiger partial charge in [0, 0.05) is 12.2 Å². The predicted molar refractivity (Wildman–Crippen MR) is 97.9 cm³/mol. The SMILES string of the molecule is CCOC(=O)[C@@H]1CCCN([C@H](C)C(=O)Nc2ccc3[nH]c(=O)[nH]c3c2)C1. The van der Waals surface area contributed by atoms with Gasteiger partial charge < -0.3 is 20.0 Å². The lowest BCUT2D eigenvalue weighted by Crippen LogP contribution is -2.48. The number of likely N-dealkylation sites (tertiary alicyclic amines) is 1. The summed E-state index contributed by atoms with van der Waals surface area (Å²) in [6.07, 6.45) is 1.65. The number of imidazole rings is 1. The van der Waals surface area contributed by atoms with E-state index < -0.39 is 0 Å². The maximum absolute atomic E-state index is 12.6. The highest BCUT2D eigenvalue weighted by molar-refractivity contribution is 5.96. The van der Waals surface area contributed by atoms with Crippen LogP contribution in [0.1, 0.15) is 26.7 Å². The molecule has 140 valence electrons. The van der Waals surface area contributed by atoms with Crippen molar-refractivity contribution in [3.8, 4) is 0 Å². The fourth-order valence-electron chi connectivity index (χ4n) is 3.33. The molecule has 2 heterocycles. The molecule has 1 aromatic heterocycles. The number of aromatic nitrogens is 2. The van der Waals surface area contributed by atoms with Gasteiger partial charge in [0.05, 0.1) is 29.6 Å². The molecule has 0 bridgehead atoms. The lowest BCUT2D eigenvalue weighted by molar-refractivity contribution is -0.150. The van der Waals surface area contributed by atoms with E-state index in [-0.39, 0.29) is 29.5 Å². The van der Waals surface area contributed by atoms with Crippen LogP contribution in [0.25, 0.3) is 11.0 Å². The van der Waals surface area contributed by atoms with Gasteiger partial charge in [-0.25, -0.2) is 4.79 Å². The number of hydrogen-bond donors (Lipinski definition) is 3. The number of esters is 1. The van der Waals surface area contributed by atoms with E-state index in [2.05, 4.69) is 15.3 Å². The molecular weight excluding hydrogens is 336 g/mol. The van der Waals surface area contributed by atoms with Gasteiger partial charge in [-0.2, -0.15) is 0 Å². The predicted octanol–water partition coefficient (Wildman–Crippen LogP) is 1.46. The second-order valence-corrected chi connectivity index (χ2v) is 6.59. The van der Waals surface area contributed by atoms with Crippen LogP contribution in [-0.2, 0) is 14.3 Å². The molecule has 1 aliphatic rings. The minimum atomic E-state index is -0.367. The molecule has 0 aliphatic carbocycles. The molecule has 1 saturated heterocycles. The monoisotopic (exact) mass is 360 g/mol. The first-order valence-corrected chi connectivity index (χ1v) is 8.91. The number of carbonyl (C=O) groups is 2. The summed E-state index contributed by atoms with van der Waals surface area (Å²) < 4.78 is 5.11. The molecule has 1 aromatic carbocycles.